The van der Waals surface area contributed by atoms with Crippen molar-refractivity contribution in [1.82, 2.24) is 0 Å². The van der Waals surface area contributed by atoms with Gasteiger partial charge in [-0.1, -0.05) is 12.1 Å². The van der Waals surface area contributed by atoms with Crippen LogP contribution in [0.2, 0.25) is 0 Å². The van der Waals surface area contributed by atoms with Crippen LogP contribution in [0.15, 0.2) is 24.3 Å². The largest absolute Gasteiger partial charge is 0.497 e. The Morgan fingerprint density at radius 1 is 1.39 bits per heavy atom. The second-order valence-electron chi connectivity index (χ2n) is 4.15. The van der Waals surface area contributed by atoms with Crippen LogP contribution in [0.1, 0.15) is 11.5 Å². The highest BCUT2D eigenvalue weighted by Gasteiger charge is 2.72. The summed E-state index contributed by atoms with van der Waals surface area (Å²) >= 11 is 0. The standard InChI is InChI=1S/C11H10F3NO3/c1-18-7-4-2-3-6(5-7)8-9(11(12,13)14)10(8)15(16)17/h2-5,8-10H,1H3/t8-,9+,10+/m1/s1. The van der Waals surface area contributed by atoms with Crippen LogP contribution < -0.4 is 4.74 Å². The van der Waals surface area contributed by atoms with Crippen molar-refractivity contribution in [2.45, 2.75) is 18.1 Å². The van der Waals surface area contributed by atoms with Crippen LogP contribution in [0.3, 0.4) is 0 Å². The average molecular weight is 261 g/mol. The number of ether oxygens (including phenoxy) is 1. The Morgan fingerprint density at radius 3 is 2.50 bits per heavy atom. The van der Waals surface area contributed by atoms with E-state index in [0.717, 1.165) is 0 Å². The van der Waals surface area contributed by atoms with E-state index in [-0.39, 0.29) is 0 Å². The molecule has 0 N–H and O–H groups in total. The summed E-state index contributed by atoms with van der Waals surface area (Å²) in [5, 5.41) is 10.6. The molecular formula is C11H10F3NO3. The van der Waals surface area contributed by atoms with Gasteiger partial charge in [-0.05, 0) is 17.7 Å². The summed E-state index contributed by atoms with van der Waals surface area (Å²) in [5.74, 6) is -2.63. The van der Waals surface area contributed by atoms with Gasteiger partial charge in [-0.3, -0.25) is 10.1 Å². The highest BCUT2D eigenvalue weighted by Crippen LogP contribution is 2.57. The third-order valence-electron chi connectivity index (χ3n) is 3.08. The predicted molar refractivity (Wildman–Crippen MR) is 56.1 cm³/mol. The summed E-state index contributed by atoms with van der Waals surface area (Å²) in [5.41, 5.74) is 0.290. The zero-order valence-electron chi connectivity index (χ0n) is 9.35. The first-order valence-corrected chi connectivity index (χ1v) is 5.20. The molecule has 0 amide bonds. The van der Waals surface area contributed by atoms with E-state index in [9.17, 15) is 23.3 Å². The molecule has 7 heteroatoms. The first kappa shape index (κ1) is 12.7. The first-order chi connectivity index (χ1) is 8.36. The van der Waals surface area contributed by atoms with Gasteiger partial charge >= 0.3 is 6.18 Å². The number of halogens is 3. The van der Waals surface area contributed by atoms with Gasteiger partial charge in [0.25, 0.3) is 0 Å². The summed E-state index contributed by atoms with van der Waals surface area (Å²) in [7, 11) is 1.39. The molecule has 1 fully saturated rings. The lowest BCUT2D eigenvalue weighted by Crippen LogP contribution is -2.17. The molecule has 0 unspecified atom stereocenters. The van der Waals surface area contributed by atoms with Gasteiger partial charge in [0.1, 0.15) is 11.7 Å². The molecule has 0 bridgehead atoms. The Kier molecular flexibility index (Phi) is 2.92. The molecule has 2 rings (SSSR count). The Balaban J connectivity index is 2.30. The number of benzene rings is 1. The van der Waals surface area contributed by atoms with Crippen LogP contribution in [0.25, 0.3) is 0 Å². The molecular weight excluding hydrogens is 251 g/mol. The Morgan fingerprint density at radius 2 is 2.06 bits per heavy atom. The molecule has 98 valence electrons. The molecule has 4 nitrogen and oxygen atoms in total. The van der Waals surface area contributed by atoms with E-state index in [1.54, 1.807) is 6.07 Å². The van der Waals surface area contributed by atoms with Crippen LogP contribution in [0, 0.1) is 16.0 Å². The molecule has 1 saturated carbocycles. The summed E-state index contributed by atoms with van der Waals surface area (Å²) < 4.78 is 42.8. The number of rotatable bonds is 3. The van der Waals surface area contributed by atoms with E-state index in [4.69, 9.17) is 4.74 Å². The van der Waals surface area contributed by atoms with Gasteiger partial charge in [-0.25, -0.2) is 0 Å². The Hall–Kier alpha value is -1.79. The number of hydrogen-bond donors (Lipinski definition) is 0. The normalized spacial score (nSPS) is 26.8. The molecule has 1 aromatic carbocycles. The van der Waals surface area contributed by atoms with Crippen molar-refractivity contribution in [3.8, 4) is 5.75 Å². The number of nitrogens with zero attached hydrogens (tertiary/aromatic N) is 1. The molecule has 1 aliphatic carbocycles. The maximum absolute atomic E-state index is 12.6. The minimum atomic E-state index is -4.55. The van der Waals surface area contributed by atoms with Gasteiger partial charge in [-0.15, -0.1) is 0 Å². The lowest BCUT2D eigenvalue weighted by atomic mass is 10.1. The van der Waals surface area contributed by atoms with Crippen LogP contribution >= 0.6 is 0 Å². The smallest absolute Gasteiger partial charge is 0.399 e. The van der Waals surface area contributed by atoms with Crippen molar-refractivity contribution in [2.24, 2.45) is 5.92 Å². The highest BCUT2D eigenvalue weighted by atomic mass is 19.4. The molecule has 0 saturated heterocycles. The minimum Gasteiger partial charge on any atom is -0.497 e. The topological polar surface area (TPSA) is 52.4 Å². The molecule has 1 aliphatic rings. The third kappa shape index (κ3) is 2.12. The van der Waals surface area contributed by atoms with E-state index in [0.29, 0.717) is 11.3 Å². The van der Waals surface area contributed by atoms with Gasteiger partial charge < -0.3 is 4.74 Å². The van der Waals surface area contributed by atoms with E-state index < -0.39 is 29.0 Å². The van der Waals surface area contributed by atoms with Crippen LogP contribution in [-0.2, 0) is 0 Å². The summed E-state index contributed by atoms with van der Waals surface area (Å²) in [6.45, 7) is 0. The van der Waals surface area contributed by atoms with Gasteiger partial charge in [-0.2, -0.15) is 13.2 Å². The van der Waals surface area contributed by atoms with Crippen LogP contribution in [0.4, 0.5) is 13.2 Å². The van der Waals surface area contributed by atoms with Gasteiger partial charge in [0.15, 0.2) is 0 Å². The molecule has 0 aromatic heterocycles. The molecule has 0 heterocycles. The summed E-state index contributed by atoms with van der Waals surface area (Å²) in [6.07, 6.45) is -4.55. The average Bonchev–Trinajstić information content (AvgIpc) is 3.04. The van der Waals surface area contributed by atoms with E-state index in [1.165, 1.54) is 25.3 Å². The molecule has 0 spiro atoms. The number of nitro groups is 1. The predicted octanol–water partition coefficient (Wildman–Crippen LogP) is 2.62. The SMILES string of the molecule is COc1cccc([C@H]2[C@H]([N+](=O)[O-])[C@H]2C(F)(F)F)c1. The van der Waals surface area contributed by atoms with Crippen molar-refractivity contribution in [1.29, 1.82) is 0 Å². The van der Waals surface area contributed by atoms with Gasteiger partial charge in [0, 0.05) is 4.92 Å². The lowest BCUT2D eigenvalue weighted by molar-refractivity contribution is -0.503. The van der Waals surface area contributed by atoms with Crippen molar-refractivity contribution < 1.29 is 22.8 Å². The molecule has 0 radical (unpaired) electrons. The maximum Gasteiger partial charge on any atom is 0.399 e. The summed E-state index contributed by atoms with van der Waals surface area (Å²) in [4.78, 5) is 9.77. The van der Waals surface area contributed by atoms with E-state index in [1.807, 2.05) is 0 Å². The fourth-order valence-electron chi connectivity index (χ4n) is 2.21. The van der Waals surface area contributed by atoms with Gasteiger partial charge in [0.2, 0.25) is 6.04 Å². The fourth-order valence-corrected chi connectivity index (χ4v) is 2.21. The quantitative estimate of drug-likeness (QED) is 0.620. The molecule has 1 aromatic rings. The Bertz CT molecular complexity index is 475. The van der Waals surface area contributed by atoms with Crippen LogP contribution in [0.5, 0.6) is 5.75 Å². The molecule has 3 atom stereocenters. The second kappa shape index (κ2) is 4.15. The third-order valence-corrected chi connectivity index (χ3v) is 3.08. The number of alkyl halides is 3. The van der Waals surface area contributed by atoms with Crippen molar-refractivity contribution in [2.75, 3.05) is 7.11 Å². The number of methoxy groups -OCH3 is 1. The van der Waals surface area contributed by atoms with Crippen molar-refractivity contribution >= 4 is 0 Å². The van der Waals surface area contributed by atoms with E-state index >= 15 is 0 Å². The highest BCUT2D eigenvalue weighted by molar-refractivity contribution is 5.36. The second-order valence-corrected chi connectivity index (χ2v) is 4.15. The van der Waals surface area contributed by atoms with Crippen LogP contribution in [-0.4, -0.2) is 24.3 Å². The first-order valence-electron chi connectivity index (χ1n) is 5.20. The Labute approximate surface area is 101 Å². The monoisotopic (exact) mass is 261 g/mol. The minimum absolute atomic E-state index is 0.290. The maximum atomic E-state index is 12.6. The number of hydrogen-bond acceptors (Lipinski definition) is 3. The van der Waals surface area contributed by atoms with Crippen molar-refractivity contribution in [3.63, 3.8) is 0 Å². The summed E-state index contributed by atoms with van der Waals surface area (Å²) in [6, 6.07) is 4.38. The van der Waals surface area contributed by atoms with E-state index in [2.05, 4.69) is 0 Å². The lowest BCUT2D eigenvalue weighted by Gasteiger charge is -2.04. The van der Waals surface area contributed by atoms with Gasteiger partial charge in [0.05, 0.1) is 13.0 Å². The zero-order valence-corrected chi connectivity index (χ0v) is 9.35. The fraction of sp³-hybridized carbons (Fsp3) is 0.455. The molecule has 0 aliphatic heterocycles. The van der Waals surface area contributed by atoms with Crippen molar-refractivity contribution in [3.05, 3.63) is 39.9 Å². The zero-order chi connectivity index (χ0) is 13.5. The molecule has 18 heavy (non-hydrogen) atoms.